The maximum Gasteiger partial charge on any atom is 0.228 e. The highest BCUT2D eigenvalue weighted by molar-refractivity contribution is 5.90. The van der Waals surface area contributed by atoms with Crippen LogP contribution in [-0.2, 0) is 22.6 Å². The molecule has 1 aliphatic carbocycles. The van der Waals surface area contributed by atoms with Gasteiger partial charge in [0, 0.05) is 60.7 Å². The number of nitrogens with zero attached hydrogens (tertiary/aromatic N) is 2. The number of H-pyrrole nitrogens is 1. The Morgan fingerprint density at radius 1 is 1.22 bits per heavy atom. The van der Waals surface area contributed by atoms with Gasteiger partial charge in [-0.15, -0.1) is 0 Å². The Morgan fingerprint density at radius 3 is 2.85 bits per heavy atom. The number of aromatic amines is 1. The Hall–Kier alpha value is -2.37. The molecule has 2 amide bonds. The fourth-order valence-corrected chi connectivity index (χ4v) is 5.10. The molecule has 1 N–H and O–H groups in total. The van der Waals surface area contributed by atoms with Gasteiger partial charge >= 0.3 is 0 Å². The summed E-state index contributed by atoms with van der Waals surface area (Å²) in [5.74, 6) is -0.296. The molecule has 27 heavy (non-hydrogen) atoms. The van der Waals surface area contributed by atoms with E-state index in [0.29, 0.717) is 32.1 Å². The predicted molar refractivity (Wildman–Crippen MR) is 99.5 cm³/mol. The van der Waals surface area contributed by atoms with E-state index >= 15 is 0 Å². The van der Waals surface area contributed by atoms with Crippen molar-refractivity contribution in [1.82, 2.24) is 14.8 Å². The van der Waals surface area contributed by atoms with Crippen molar-refractivity contribution in [3.05, 3.63) is 35.3 Å². The fraction of sp³-hybridized carbons (Fsp3) is 0.524. The van der Waals surface area contributed by atoms with Gasteiger partial charge < -0.3 is 14.8 Å². The minimum Gasteiger partial charge on any atom is -0.358 e. The number of carbonyl (C=O) groups is 2. The maximum atomic E-state index is 13.7. The number of nitrogens with one attached hydrogen (secondary N) is 1. The van der Waals surface area contributed by atoms with E-state index in [0.717, 1.165) is 41.4 Å². The second kappa shape index (κ2) is 6.36. The lowest BCUT2D eigenvalue weighted by Crippen LogP contribution is -2.41. The van der Waals surface area contributed by atoms with Crippen LogP contribution in [0, 0.1) is 11.7 Å². The van der Waals surface area contributed by atoms with E-state index in [1.165, 1.54) is 18.9 Å². The minimum absolute atomic E-state index is 0.0697. The van der Waals surface area contributed by atoms with Gasteiger partial charge in [0.1, 0.15) is 5.82 Å². The SMILES string of the molecule is O=C([C@@H]1CC(=O)N(C2CCCC2)C1)N1CCc2[nH]c3ccc(F)cc3c2C1. The second-order valence-electron chi connectivity index (χ2n) is 8.17. The molecule has 3 aliphatic rings. The maximum absolute atomic E-state index is 13.7. The highest BCUT2D eigenvalue weighted by atomic mass is 19.1. The molecule has 0 bridgehead atoms. The van der Waals surface area contributed by atoms with E-state index in [-0.39, 0.29) is 23.5 Å². The van der Waals surface area contributed by atoms with Crippen LogP contribution in [0.5, 0.6) is 0 Å². The van der Waals surface area contributed by atoms with Crippen LogP contribution >= 0.6 is 0 Å². The second-order valence-corrected chi connectivity index (χ2v) is 8.17. The molecule has 2 aliphatic heterocycles. The monoisotopic (exact) mass is 369 g/mol. The number of fused-ring (bicyclic) bond motifs is 3. The van der Waals surface area contributed by atoms with Gasteiger partial charge in [0.2, 0.25) is 11.8 Å². The van der Waals surface area contributed by atoms with E-state index < -0.39 is 0 Å². The van der Waals surface area contributed by atoms with Gasteiger partial charge in [0.05, 0.1) is 5.92 Å². The summed E-state index contributed by atoms with van der Waals surface area (Å²) in [7, 11) is 0. The molecule has 2 fully saturated rings. The van der Waals surface area contributed by atoms with Crippen LogP contribution in [0.2, 0.25) is 0 Å². The van der Waals surface area contributed by atoms with Crippen molar-refractivity contribution in [3.8, 4) is 0 Å². The van der Waals surface area contributed by atoms with Crippen LogP contribution in [0.25, 0.3) is 10.9 Å². The van der Waals surface area contributed by atoms with Gasteiger partial charge in [0.25, 0.3) is 0 Å². The molecule has 6 heteroatoms. The third-order valence-corrected chi connectivity index (χ3v) is 6.52. The molecule has 1 saturated heterocycles. The molecular formula is C21H24FN3O2. The largest absolute Gasteiger partial charge is 0.358 e. The van der Waals surface area contributed by atoms with Crippen molar-refractivity contribution in [2.75, 3.05) is 13.1 Å². The standard InChI is InChI=1S/C21H24FN3O2/c22-14-5-6-18-16(10-14)17-12-24(8-7-19(17)23-18)21(27)13-9-20(26)25(11-13)15-3-1-2-4-15/h5-6,10,13,15,23H,1-4,7-9,11-12H2/t13-/m1/s1. The molecule has 1 aromatic carbocycles. The van der Waals surface area contributed by atoms with E-state index in [2.05, 4.69) is 4.98 Å². The van der Waals surface area contributed by atoms with Crippen LogP contribution < -0.4 is 0 Å². The highest BCUT2D eigenvalue weighted by Gasteiger charge is 2.40. The van der Waals surface area contributed by atoms with Gasteiger partial charge in [-0.1, -0.05) is 12.8 Å². The molecule has 142 valence electrons. The van der Waals surface area contributed by atoms with Gasteiger partial charge in [-0.2, -0.15) is 0 Å². The summed E-state index contributed by atoms with van der Waals surface area (Å²) in [6.07, 6.45) is 5.57. The average Bonchev–Trinajstić information content (AvgIpc) is 3.38. The van der Waals surface area contributed by atoms with Crippen molar-refractivity contribution in [3.63, 3.8) is 0 Å². The summed E-state index contributed by atoms with van der Waals surface area (Å²) < 4.78 is 13.7. The van der Waals surface area contributed by atoms with E-state index in [1.54, 1.807) is 12.1 Å². The van der Waals surface area contributed by atoms with Gasteiger partial charge in [-0.05, 0) is 31.0 Å². The average molecular weight is 369 g/mol. The lowest BCUT2D eigenvalue weighted by Gasteiger charge is -2.30. The van der Waals surface area contributed by atoms with Gasteiger partial charge in [-0.3, -0.25) is 9.59 Å². The molecule has 1 saturated carbocycles. The summed E-state index contributed by atoms with van der Waals surface area (Å²) in [6, 6.07) is 5.08. The summed E-state index contributed by atoms with van der Waals surface area (Å²) in [5.41, 5.74) is 3.02. The first kappa shape index (κ1) is 16.8. The van der Waals surface area contributed by atoms with E-state index in [4.69, 9.17) is 0 Å². The number of rotatable bonds is 2. The molecule has 2 aromatic rings. The third kappa shape index (κ3) is 2.82. The van der Waals surface area contributed by atoms with Crippen LogP contribution in [0.1, 0.15) is 43.4 Å². The van der Waals surface area contributed by atoms with Crippen LogP contribution in [0.3, 0.4) is 0 Å². The number of halogens is 1. The quantitative estimate of drug-likeness (QED) is 0.885. The molecule has 5 rings (SSSR count). The van der Waals surface area contributed by atoms with E-state index in [1.807, 2.05) is 9.80 Å². The third-order valence-electron chi connectivity index (χ3n) is 6.52. The molecule has 0 spiro atoms. The number of benzene rings is 1. The van der Waals surface area contributed by atoms with Crippen molar-refractivity contribution < 1.29 is 14.0 Å². The minimum atomic E-state index is -0.263. The summed E-state index contributed by atoms with van der Waals surface area (Å²) in [6.45, 7) is 1.70. The Balaban J connectivity index is 1.34. The molecule has 0 unspecified atom stereocenters. The lowest BCUT2D eigenvalue weighted by molar-refractivity contribution is -0.136. The van der Waals surface area contributed by atoms with Crippen LogP contribution in [0.15, 0.2) is 18.2 Å². The number of carbonyl (C=O) groups excluding carboxylic acids is 2. The number of hydrogen-bond acceptors (Lipinski definition) is 2. The summed E-state index contributed by atoms with van der Waals surface area (Å²) >= 11 is 0. The predicted octanol–water partition coefficient (Wildman–Crippen LogP) is 2.98. The Morgan fingerprint density at radius 2 is 2.04 bits per heavy atom. The molecule has 5 nitrogen and oxygen atoms in total. The first-order valence-electron chi connectivity index (χ1n) is 9.97. The van der Waals surface area contributed by atoms with Crippen molar-refractivity contribution >= 4 is 22.7 Å². The van der Waals surface area contributed by atoms with Crippen LogP contribution in [-0.4, -0.2) is 45.7 Å². The Kier molecular flexibility index (Phi) is 3.95. The van der Waals surface area contributed by atoms with Crippen molar-refractivity contribution in [1.29, 1.82) is 0 Å². The van der Waals surface area contributed by atoms with Crippen molar-refractivity contribution in [2.24, 2.45) is 5.92 Å². The number of hydrogen-bond donors (Lipinski definition) is 1. The normalized spacial score (nSPS) is 23.4. The summed E-state index contributed by atoms with van der Waals surface area (Å²) in [5, 5.41) is 0.859. The zero-order valence-corrected chi connectivity index (χ0v) is 15.3. The first-order chi connectivity index (χ1) is 13.1. The van der Waals surface area contributed by atoms with Crippen LogP contribution in [0.4, 0.5) is 4.39 Å². The smallest absolute Gasteiger partial charge is 0.228 e. The zero-order valence-electron chi connectivity index (χ0n) is 15.3. The Labute approximate surface area is 157 Å². The summed E-state index contributed by atoms with van der Waals surface area (Å²) in [4.78, 5) is 32.7. The van der Waals surface area contributed by atoms with Crippen molar-refractivity contribution in [2.45, 2.75) is 51.1 Å². The molecular weight excluding hydrogens is 345 g/mol. The molecule has 0 radical (unpaired) electrons. The first-order valence-corrected chi connectivity index (χ1v) is 9.97. The van der Waals surface area contributed by atoms with E-state index in [9.17, 15) is 14.0 Å². The molecule has 1 atom stereocenters. The zero-order chi connectivity index (χ0) is 18.5. The Bertz CT molecular complexity index is 916. The molecule has 1 aromatic heterocycles. The number of aromatic nitrogens is 1. The number of amides is 2. The van der Waals surface area contributed by atoms with Gasteiger partial charge in [0.15, 0.2) is 0 Å². The number of likely N-dealkylation sites (tertiary alicyclic amines) is 1. The fourth-order valence-electron chi connectivity index (χ4n) is 5.10. The van der Waals surface area contributed by atoms with Gasteiger partial charge in [-0.25, -0.2) is 4.39 Å². The lowest BCUT2D eigenvalue weighted by atomic mass is 10.0. The highest BCUT2D eigenvalue weighted by Crippen LogP contribution is 2.32. The topological polar surface area (TPSA) is 56.4 Å². The molecule has 3 heterocycles.